The normalized spacial score (nSPS) is 12.9. The molecule has 0 saturated heterocycles. The van der Waals surface area contributed by atoms with E-state index in [0.29, 0.717) is 11.4 Å². The molecule has 2 amide bonds. The molecule has 0 radical (unpaired) electrons. The van der Waals surface area contributed by atoms with Gasteiger partial charge in [-0.2, -0.15) is 13.2 Å². The van der Waals surface area contributed by atoms with E-state index in [-0.39, 0.29) is 5.69 Å². The summed E-state index contributed by atoms with van der Waals surface area (Å²) < 4.78 is 38.8. The number of alkyl halides is 3. The number of para-hydroxylation sites is 2. The SMILES string of the molecule is O=C(Nc1cccc(C(F)(F)F)c1)N1c2ccccc2Sc2ccccc21. The zero-order chi connectivity index (χ0) is 19.0. The van der Waals surface area contributed by atoms with Crippen LogP contribution in [0.25, 0.3) is 0 Å². The highest BCUT2D eigenvalue weighted by Crippen LogP contribution is 2.48. The number of hydrogen-bond donors (Lipinski definition) is 1. The van der Waals surface area contributed by atoms with Crippen molar-refractivity contribution in [2.24, 2.45) is 0 Å². The zero-order valence-corrected chi connectivity index (χ0v) is 14.6. The third-order valence-electron chi connectivity index (χ3n) is 4.08. The maximum Gasteiger partial charge on any atom is 0.416 e. The van der Waals surface area contributed by atoms with Gasteiger partial charge in [0.25, 0.3) is 0 Å². The van der Waals surface area contributed by atoms with E-state index in [1.54, 1.807) is 11.8 Å². The quantitative estimate of drug-likeness (QED) is 0.515. The molecule has 0 fully saturated rings. The van der Waals surface area contributed by atoms with Crippen molar-refractivity contribution < 1.29 is 18.0 Å². The van der Waals surface area contributed by atoms with Gasteiger partial charge in [-0.3, -0.25) is 4.90 Å². The first kappa shape index (κ1) is 17.5. The lowest BCUT2D eigenvalue weighted by atomic mass is 10.2. The summed E-state index contributed by atoms with van der Waals surface area (Å²) in [6, 6.07) is 18.9. The Bertz CT molecular complexity index is 974. The van der Waals surface area contributed by atoms with Crippen LogP contribution in [0.2, 0.25) is 0 Å². The molecular formula is C20H13F3N2OS. The molecule has 1 aliphatic heterocycles. The van der Waals surface area contributed by atoms with Gasteiger partial charge in [0.2, 0.25) is 0 Å². The number of nitrogens with one attached hydrogen (secondary N) is 1. The average Bonchev–Trinajstić information content (AvgIpc) is 2.65. The van der Waals surface area contributed by atoms with E-state index < -0.39 is 17.8 Å². The fraction of sp³-hybridized carbons (Fsp3) is 0.0500. The molecule has 0 bridgehead atoms. The van der Waals surface area contributed by atoms with Gasteiger partial charge < -0.3 is 5.32 Å². The Hall–Kier alpha value is -2.93. The standard InChI is InChI=1S/C20H13F3N2OS/c21-20(22,23)13-6-5-7-14(12-13)24-19(26)25-15-8-1-3-10-17(15)27-18-11-4-2-9-16(18)25/h1-12H,(H,24,26). The van der Waals surface area contributed by atoms with Crippen molar-refractivity contribution in [3.63, 3.8) is 0 Å². The van der Waals surface area contributed by atoms with E-state index in [1.807, 2.05) is 48.5 Å². The summed E-state index contributed by atoms with van der Waals surface area (Å²) in [5.74, 6) is 0. The van der Waals surface area contributed by atoms with E-state index in [1.165, 1.54) is 17.0 Å². The summed E-state index contributed by atoms with van der Waals surface area (Å²) >= 11 is 1.55. The first-order valence-electron chi connectivity index (χ1n) is 8.08. The van der Waals surface area contributed by atoms with E-state index in [0.717, 1.165) is 21.9 Å². The van der Waals surface area contributed by atoms with Crippen molar-refractivity contribution in [2.75, 3.05) is 10.2 Å². The maximum atomic E-state index is 13.0. The van der Waals surface area contributed by atoms with Crippen LogP contribution in [0, 0.1) is 0 Å². The van der Waals surface area contributed by atoms with E-state index in [2.05, 4.69) is 5.32 Å². The second kappa shape index (κ2) is 6.66. The number of nitrogens with zero attached hydrogens (tertiary/aromatic N) is 1. The summed E-state index contributed by atoms with van der Waals surface area (Å²) in [6.07, 6.45) is -4.47. The van der Waals surface area contributed by atoms with Gasteiger partial charge in [-0.05, 0) is 42.5 Å². The Morgan fingerprint density at radius 2 is 1.44 bits per heavy atom. The number of urea groups is 1. The molecular weight excluding hydrogens is 373 g/mol. The molecule has 136 valence electrons. The third-order valence-corrected chi connectivity index (χ3v) is 5.21. The molecule has 0 aliphatic carbocycles. The van der Waals surface area contributed by atoms with E-state index in [9.17, 15) is 18.0 Å². The van der Waals surface area contributed by atoms with Crippen LogP contribution in [0.4, 0.5) is 35.0 Å². The van der Waals surface area contributed by atoms with Gasteiger partial charge in [0.15, 0.2) is 0 Å². The molecule has 7 heteroatoms. The fourth-order valence-electron chi connectivity index (χ4n) is 2.88. The Morgan fingerprint density at radius 3 is 2.04 bits per heavy atom. The van der Waals surface area contributed by atoms with Gasteiger partial charge in [-0.15, -0.1) is 0 Å². The lowest BCUT2D eigenvalue weighted by Crippen LogP contribution is -2.32. The van der Waals surface area contributed by atoms with Crippen LogP contribution in [0.15, 0.2) is 82.6 Å². The predicted molar refractivity (Wildman–Crippen MR) is 99.6 cm³/mol. The first-order valence-corrected chi connectivity index (χ1v) is 8.89. The molecule has 3 nitrogen and oxygen atoms in total. The molecule has 3 aromatic carbocycles. The topological polar surface area (TPSA) is 32.3 Å². The number of fused-ring (bicyclic) bond motifs is 2. The van der Waals surface area contributed by atoms with Crippen LogP contribution in [0.3, 0.4) is 0 Å². The van der Waals surface area contributed by atoms with Crippen LogP contribution < -0.4 is 10.2 Å². The summed E-state index contributed by atoms with van der Waals surface area (Å²) in [4.78, 5) is 16.3. The number of rotatable bonds is 1. The van der Waals surface area contributed by atoms with Crippen molar-refractivity contribution in [3.8, 4) is 0 Å². The predicted octanol–water partition coefficient (Wildman–Crippen LogP) is 6.54. The van der Waals surface area contributed by atoms with Crippen molar-refractivity contribution in [1.29, 1.82) is 0 Å². The van der Waals surface area contributed by atoms with Crippen LogP contribution in [0.5, 0.6) is 0 Å². The number of carbonyl (C=O) groups is 1. The van der Waals surface area contributed by atoms with Crippen molar-refractivity contribution in [1.82, 2.24) is 0 Å². The summed E-state index contributed by atoms with van der Waals surface area (Å²) in [5, 5.41) is 2.58. The average molecular weight is 386 g/mol. The highest BCUT2D eigenvalue weighted by Gasteiger charge is 2.31. The Morgan fingerprint density at radius 1 is 0.852 bits per heavy atom. The van der Waals surface area contributed by atoms with Crippen LogP contribution in [-0.2, 0) is 6.18 Å². The molecule has 4 rings (SSSR count). The Kier molecular flexibility index (Phi) is 4.31. The van der Waals surface area contributed by atoms with Crippen LogP contribution >= 0.6 is 11.8 Å². The number of amides is 2. The zero-order valence-electron chi connectivity index (χ0n) is 13.8. The number of benzene rings is 3. The van der Waals surface area contributed by atoms with Gasteiger partial charge in [-0.1, -0.05) is 42.1 Å². The number of carbonyl (C=O) groups excluding carboxylic acids is 1. The smallest absolute Gasteiger partial charge is 0.307 e. The largest absolute Gasteiger partial charge is 0.416 e. The van der Waals surface area contributed by atoms with Gasteiger partial charge in [0, 0.05) is 15.5 Å². The van der Waals surface area contributed by atoms with Crippen LogP contribution in [0.1, 0.15) is 5.56 Å². The second-order valence-corrected chi connectivity index (χ2v) is 6.97. The monoisotopic (exact) mass is 386 g/mol. The number of hydrogen-bond acceptors (Lipinski definition) is 2. The lowest BCUT2D eigenvalue weighted by molar-refractivity contribution is -0.137. The summed E-state index contributed by atoms with van der Waals surface area (Å²) in [5.41, 5.74) is 0.648. The fourth-order valence-corrected chi connectivity index (χ4v) is 3.93. The minimum absolute atomic E-state index is 0.0861. The second-order valence-electron chi connectivity index (χ2n) is 5.88. The number of anilines is 3. The molecule has 0 unspecified atom stereocenters. The Labute approximate surface area is 157 Å². The Balaban J connectivity index is 1.71. The van der Waals surface area contributed by atoms with Crippen molar-refractivity contribution >= 4 is 34.9 Å². The minimum Gasteiger partial charge on any atom is -0.307 e. The molecule has 0 atom stereocenters. The third kappa shape index (κ3) is 3.38. The summed E-state index contributed by atoms with van der Waals surface area (Å²) in [7, 11) is 0. The first-order chi connectivity index (χ1) is 12.9. The summed E-state index contributed by atoms with van der Waals surface area (Å²) in [6.45, 7) is 0. The van der Waals surface area contributed by atoms with Gasteiger partial charge in [-0.25, -0.2) is 4.79 Å². The molecule has 1 aliphatic rings. The number of halogens is 3. The van der Waals surface area contributed by atoms with Gasteiger partial charge >= 0.3 is 12.2 Å². The van der Waals surface area contributed by atoms with Gasteiger partial charge in [0.1, 0.15) is 0 Å². The molecule has 0 aromatic heterocycles. The lowest BCUT2D eigenvalue weighted by Gasteiger charge is -2.31. The van der Waals surface area contributed by atoms with E-state index in [4.69, 9.17) is 0 Å². The van der Waals surface area contributed by atoms with Crippen molar-refractivity contribution in [2.45, 2.75) is 16.0 Å². The molecule has 0 spiro atoms. The van der Waals surface area contributed by atoms with Crippen molar-refractivity contribution in [3.05, 3.63) is 78.4 Å². The van der Waals surface area contributed by atoms with Gasteiger partial charge in [0.05, 0.1) is 16.9 Å². The molecule has 1 heterocycles. The maximum absolute atomic E-state index is 13.0. The van der Waals surface area contributed by atoms with Crippen LogP contribution in [-0.4, -0.2) is 6.03 Å². The molecule has 0 saturated carbocycles. The molecule has 3 aromatic rings. The highest BCUT2D eigenvalue weighted by atomic mass is 32.2. The minimum atomic E-state index is -4.47. The van der Waals surface area contributed by atoms with E-state index >= 15 is 0 Å². The molecule has 27 heavy (non-hydrogen) atoms. The molecule has 1 N–H and O–H groups in total. The highest BCUT2D eigenvalue weighted by molar-refractivity contribution is 7.99.